The Kier molecular flexibility index (Phi) is 4.14. The van der Waals surface area contributed by atoms with Crippen LogP contribution in [0.15, 0.2) is 40.9 Å². The fourth-order valence-corrected chi connectivity index (χ4v) is 2.78. The van der Waals surface area contributed by atoms with Gasteiger partial charge in [-0.05, 0) is 18.9 Å². The Hall–Kier alpha value is -1.65. The van der Waals surface area contributed by atoms with Crippen molar-refractivity contribution in [2.45, 2.75) is 25.9 Å². The van der Waals surface area contributed by atoms with Crippen LogP contribution in [0.25, 0.3) is 0 Å². The van der Waals surface area contributed by atoms with E-state index in [0.29, 0.717) is 6.04 Å². The van der Waals surface area contributed by atoms with E-state index in [9.17, 15) is 0 Å². The first-order chi connectivity index (χ1) is 9.79. The summed E-state index contributed by atoms with van der Waals surface area (Å²) < 4.78 is 5.31. The lowest BCUT2D eigenvalue weighted by atomic mass is 10.0. The van der Waals surface area contributed by atoms with E-state index in [1.807, 2.05) is 13.0 Å². The number of rotatable bonds is 4. The minimum atomic E-state index is 0.509. The van der Waals surface area contributed by atoms with Gasteiger partial charge in [0, 0.05) is 31.7 Å². The lowest BCUT2D eigenvalue weighted by Crippen LogP contribution is -2.51. The summed E-state index contributed by atoms with van der Waals surface area (Å²) in [5.41, 5.74) is 2.35. The molecular weight excluding hydrogens is 250 g/mol. The standard InChI is InChI=1S/C16H21N3O/c1-13-9-16(20-18-13)12-19-8-7-17-15(11-19)10-14-5-3-2-4-6-14/h2-6,9,15,17H,7-8,10-12H2,1H3. The lowest BCUT2D eigenvalue weighted by Gasteiger charge is -2.33. The number of benzene rings is 1. The van der Waals surface area contributed by atoms with Gasteiger partial charge in [-0.25, -0.2) is 0 Å². The van der Waals surface area contributed by atoms with Gasteiger partial charge in [-0.15, -0.1) is 0 Å². The van der Waals surface area contributed by atoms with Crippen molar-refractivity contribution in [3.63, 3.8) is 0 Å². The zero-order chi connectivity index (χ0) is 13.8. The molecule has 0 amide bonds. The van der Waals surface area contributed by atoms with E-state index in [1.54, 1.807) is 0 Å². The second kappa shape index (κ2) is 6.20. The molecule has 0 aliphatic carbocycles. The summed E-state index contributed by atoms with van der Waals surface area (Å²) in [5, 5.41) is 7.55. The molecule has 0 radical (unpaired) electrons. The molecule has 0 bridgehead atoms. The summed E-state index contributed by atoms with van der Waals surface area (Å²) in [6.07, 6.45) is 1.08. The first-order valence-corrected chi connectivity index (χ1v) is 7.21. The molecule has 1 N–H and O–H groups in total. The van der Waals surface area contributed by atoms with Gasteiger partial charge in [0.05, 0.1) is 12.2 Å². The van der Waals surface area contributed by atoms with Crippen LogP contribution < -0.4 is 5.32 Å². The fraction of sp³-hybridized carbons (Fsp3) is 0.438. The molecule has 3 rings (SSSR count). The number of nitrogens with zero attached hydrogens (tertiary/aromatic N) is 2. The molecule has 1 saturated heterocycles. The minimum Gasteiger partial charge on any atom is -0.360 e. The number of hydrogen-bond acceptors (Lipinski definition) is 4. The highest BCUT2D eigenvalue weighted by Crippen LogP contribution is 2.11. The quantitative estimate of drug-likeness (QED) is 0.923. The molecule has 1 fully saturated rings. The van der Waals surface area contributed by atoms with E-state index in [0.717, 1.165) is 44.1 Å². The molecule has 1 aliphatic heterocycles. The third-order valence-corrected chi connectivity index (χ3v) is 3.72. The normalized spacial score (nSPS) is 20.1. The summed E-state index contributed by atoms with van der Waals surface area (Å²) >= 11 is 0. The van der Waals surface area contributed by atoms with Gasteiger partial charge in [0.25, 0.3) is 0 Å². The average molecular weight is 271 g/mol. The van der Waals surface area contributed by atoms with E-state index in [4.69, 9.17) is 4.52 Å². The maximum Gasteiger partial charge on any atom is 0.150 e. The zero-order valence-corrected chi connectivity index (χ0v) is 11.9. The molecule has 1 aromatic carbocycles. The molecular formula is C16H21N3O. The summed E-state index contributed by atoms with van der Waals surface area (Å²) in [5.74, 6) is 0.961. The smallest absolute Gasteiger partial charge is 0.150 e. The molecule has 4 nitrogen and oxygen atoms in total. The van der Waals surface area contributed by atoms with Crippen LogP contribution in [0.1, 0.15) is 17.0 Å². The van der Waals surface area contributed by atoms with Gasteiger partial charge in [0.2, 0.25) is 0 Å². The van der Waals surface area contributed by atoms with Crippen LogP contribution in [0.2, 0.25) is 0 Å². The number of nitrogens with one attached hydrogen (secondary N) is 1. The summed E-state index contributed by atoms with van der Waals surface area (Å²) in [7, 11) is 0. The second-order valence-electron chi connectivity index (χ2n) is 5.51. The molecule has 1 aliphatic rings. The van der Waals surface area contributed by atoms with Crippen molar-refractivity contribution in [3.05, 3.63) is 53.4 Å². The summed E-state index contributed by atoms with van der Waals surface area (Å²) in [4.78, 5) is 2.43. The molecule has 1 unspecified atom stereocenters. The second-order valence-corrected chi connectivity index (χ2v) is 5.51. The molecule has 1 atom stereocenters. The highest BCUT2D eigenvalue weighted by molar-refractivity contribution is 5.16. The van der Waals surface area contributed by atoms with Crippen LogP contribution in [0.5, 0.6) is 0 Å². The maximum absolute atomic E-state index is 5.31. The zero-order valence-electron chi connectivity index (χ0n) is 11.9. The maximum atomic E-state index is 5.31. The van der Waals surface area contributed by atoms with Crippen molar-refractivity contribution in [1.29, 1.82) is 0 Å². The third kappa shape index (κ3) is 3.46. The van der Waals surface area contributed by atoms with Crippen molar-refractivity contribution in [2.75, 3.05) is 19.6 Å². The first-order valence-electron chi connectivity index (χ1n) is 7.21. The fourth-order valence-electron chi connectivity index (χ4n) is 2.78. The Bertz CT molecular complexity index is 538. The van der Waals surface area contributed by atoms with Crippen LogP contribution in [0, 0.1) is 6.92 Å². The third-order valence-electron chi connectivity index (χ3n) is 3.72. The molecule has 0 saturated carbocycles. The predicted octanol–water partition coefficient (Wildman–Crippen LogP) is 2.00. The van der Waals surface area contributed by atoms with Gasteiger partial charge in [-0.1, -0.05) is 35.5 Å². The predicted molar refractivity (Wildman–Crippen MR) is 78.5 cm³/mol. The molecule has 20 heavy (non-hydrogen) atoms. The summed E-state index contributed by atoms with van der Waals surface area (Å²) in [6.45, 7) is 5.96. The van der Waals surface area contributed by atoms with Gasteiger partial charge < -0.3 is 9.84 Å². The molecule has 106 valence electrons. The van der Waals surface area contributed by atoms with Crippen molar-refractivity contribution in [2.24, 2.45) is 0 Å². The van der Waals surface area contributed by atoms with E-state index in [2.05, 4.69) is 45.7 Å². The topological polar surface area (TPSA) is 41.3 Å². The van der Waals surface area contributed by atoms with Crippen molar-refractivity contribution >= 4 is 0 Å². The largest absolute Gasteiger partial charge is 0.360 e. The Balaban J connectivity index is 1.56. The Labute approximate surface area is 119 Å². The number of aryl methyl sites for hydroxylation is 1. The van der Waals surface area contributed by atoms with Gasteiger partial charge in [0.1, 0.15) is 0 Å². The van der Waals surface area contributed by atoms with E-state index < -0.39 is 0 Å². The van der Waals surface area contributed by atoms with Crippen LogP contribution in [-0.2, 0) is 13.0 Å². The Morgan fingerprint density at radius 1 is 1.35 bits per heavy atom. The highest BCUT2D eigenvalue weighted by atomic mass is 16.5. The lowest BCUT2D eigenvalue weighted by molar-refractivity contribution is 0.174. The van der Waals surface area contributed by atoms with Crippen LogP contribution in [0.4, 0.5) is 0 Å². The van der Waals surface area contributed by atoms with Gasteiger partial charge in [-0.2, -0.15) is 0 Å². The SMILES string of the molecule is Cc1cc(CN2CCNC(Cc3ccccc3)C2)on1. The van der Waals surface area contributed by atoms with E-state index >= 15 is 0 Å². The molecule has 2 aromatic rings. The summed E-state index contributed by atoms with van der Waals surface area (Å²) in [6, 6.07) is 13.2. The van der Waals surface area contributed by atoms with Crippen molar-refractivity contribution in [1.82, 2.24) is 15.4 Å². The van der Waals surface area contributed by atoms with Gasteiger partial charge >= 0.3 is 0 Å². The molecule has 4 heteroatoms. The van der Waals surface area contributed by atoms with Crippen molar-refractivity contribution in [3.8, 4) is 0 Å². The minimum absolute atomic E-state index is 0.509. The van der Waals surface area contributed by atoms with E-state index in [1.165, 1.54) is 5.56 Å². The number of aromatic nitrogens is 1. The van der Waals surface area contributed by atoms with Gasteiger partial charge in [-0.3, -0.25) is 4.90 Å². The first kappa shape index (κ1) is 13.3. The average Bonchev–Trinajstić information content (AvgIpc) is 2.86. The van der Waals surface area contributed by atoms with Gasteiger partial charge in [0.15, 0.2) is 5.76 Å². The monoisotopic (exact) mass is 271 g/mol. The molecule has 2 heterocycles. The van der Waals surface area contributed by atoms with Crippen LogP contribution in [-0.4, -0.2) is 35.7 Å². The molecule has 1 aromatic heterocycles. The van der Waals surface area contributed by atoms with Crippen LogP contribution in [0.3, 0.4) is 0 Å². The Morgan fingerprint density at radius 2 is 2.20 bits per heavy atom. The Morgan fingerprint density at radius 3 is 2.95 bits per heavy atom. The highest BCUT2D eigenvalue weighted by Gasteiger charge is 2.20. The van der Waals surface area contributed by atoms with E-state index in [-0.39, 0.29) is 0 Å². The molecule has 0 spiro atoms. The van der Waals surface area contributed by atoms with Crippen LogP contribution >= 0.6 is 0 Å². The number of hydrogen-bond donors (Lipinski definition) is 1. The van der Waals surface area contributed by atoms with Crippen molar-refractivity contribution < 1.29 is 4.52 Å². The number of piperazine rings is 1.